The molecule has 4 aromatic rings. The standard InChI is InChI=1S/C30H25ClN4O2/c31-25-18-10-11-19-26(25)32-29(36)21-30(37)35-27(22-12-4-1-5-13-22)20-28(33-35)34(23-14-6-2-7-15-23)24-16-8-3-9-17-24/h1-19,27H,20-21H2,(H,32,36). The number of rotatable bonds is 6. The zero-order valence-corrected chi connectivity index (χ0v) is 20.8. The van der Waals surface area contributed by atoms with Gasteiger partial charge in [0.05, 0.1) is 16.8 Å². The number of hydrogen-bond donors (Lipinski definition) is 1. The van der Waals surface area contributed by atoms with Crippen molar-refractivity contribution in [1.82, 2.24) is 5.01 Å². The lowest BCUT2D eigenvalue weighted by atomic mass is 10.0. The summed E-state index contributed by atoms with van der Waals surface area (Å²) in [5, 5.41) is 9.38. The van der Waals surface area contributed by atoms with Gasteiger partial charge in [-0.1, -0.05) is 90.5 Å². The molecule has 0 aliphatic carbocycles. The summed E-state index contributed by atoms with van der Waals surface area (Å²) in [4.78, 5) is 28.3. The molecule has 1 aliphatic heterocycles. The zero-order chi connectivity index (χ0) is 25.6. The second-order valence-corrected chi connectivity index (χ2v) is 9.00. The summed E-state index contributed by atoms with van der Waals surface area (Å²) in [7, 11) is 0. The van der Waals surface area contributed by atoms with Crippen LogP contribution in [0.15, 0.2) is 120 Å². The number of nitrogens with one attached hydrogen (secondary N) is 1. The van der Waals surface area contributed by atoms with Gasteiger partial charge in [-0.2, -0.15) is 5.10 Å². The number of hydrogen-bond acceptors (Lipinski definition) is 4. The number of nitrogens with zero attached hydrogens (tertiary/aromatic N) is 3. The fourth-order valence-corrected chi connectivity index (χ4v) is 4.55. The number of halogens is 1. The highest BCUT2D eigenvalue weighted by Crippen LogP contribution is 2.36. The van der Waals surface area contributed by atoms with Gasteiger partial charge < -0.3 is 5.32 Å². The lowest BCUT2D eigenvalue weighted by molar-refractivity contribution is -0.136. The molecule has 0 radical (unpaired) electrons. The Hall–Kier alpha value is -4.42. The maximum Gasteiger partial charge on any atom is 0.252 e. The van der Waals surface area contributed by atoms with E-state index in [-0.39, 0.29) is 12.5 Å². The third kappa shape index (κ3) is 5.55. The lowest BCUT2D eigenvalue weighted by Crippen LogP contribution is -2.30. The van der Waals surface area contributed by atoms with E-state index in [1.807, 2.05) is 95.9 Å². The van der Waals surface area contributed by atoms with Crippen LogP contribution in [0.25, 0.3) is 0 Å². The molecule has 184 valence electrons. The van der Waals surface area contributed by atoms with Gasteiger partial charge in [0, 0.05) is 17.8 Å². The van der Waals surface area contributed by atoms with Crippen LogP contribution in [-0.2, 0) is 9.59 Å². The Morgan fingerprint density at radius 2 is 1.35 bits per heavy atom. The average molecular weight is 509 g/mol. The summed E-state index contributed by atoms with van der Waals surface area (Å²) >= 11 is 6.17. The molecular weight excluding hydrogens is 484 g/mol. The monoisotopic (exact) mass is 508 g/mol. The Kier molecular flexibility index (Phi) is 7.28. The highest BCUT2D eigenvalue weighted by molar-refractivity contribution is 6.33. The molecule has 37 heavy (non-hydrogen) atoms. The van der Waals surface area contributed by atoms with Crippen LogP contribution >= 0.6 is 11.6 Å². The molecule has 1 aliphatic rings. The minimum absolute atomic E-state index is 0.341. The fourth-order valence-electron chi connectivity index (χ4n) is 4.37. The van der Waals surface area contributed by atoms with E-state index in [0.717, 1.165) is 16.9 Å². The Morgan fingerprint density at radius 3 is 1.95 bits per heavy atom. The first-order chi connectivity index (χ1) is 18.1. The number of para-hydroxylation sites is 3. The number of carbonyl (C=O) groups is 2. The minimum Gasteiger partial charge on any atom is -0.324 e. The van der Waals surface area contributed by atoms with E-state index < -0.39 is 11.8 Å². The summed E-state index contributed by atoms with van der Waals surface area (Å²) in [5.74, 6) is -0.128. The average Bonchev–Trinajstić information content (AvgIpc) is 3.37. The van der Waals surface area contributed by atoms with Gasteiger partial charge in [-0.15, -0.1) is 0 Å². The SMILES string of the molecule is O=C(CC(=O)N1N=C(N(c2ccccc2)c2ccccc2)CC1c1ccccc1)Nc1ccccc1Cl. The van der Waals surface area contributed by atoms with Gasteiger partial charge in [0.2, 0.25) is 5.91 Å². The van der Waals surface area contributed by atoms with Crippen LogP contribution in [-0.4, -0.2) is 22.7 Å². The molecule has 4 aromatic carbocycles. The van der Waals surface area contributed by atoms with E-state index in [1.165, 1.54) is 5.01 Å². The van der Waals surface area contributed by atoms with Gasteiger partial charge in [-0.3, -0.25) is 14.5 Å². The van der Waals surface area contributed by atoms with Crippen molar-refractivity contribution >= 4 is 46.3 Å². The number of anilines is 3. The first kappa shape index (κ1) is 24.3. The molecule has 1 heterocycles. The Morgan fingerprint density at radius 1 is 0.811 bits per heavy atom. The number of amides is 2. The van der Waals surface area contributed by atoms with Crippen LogP contribution in [0.1, 0.15) is 24.4 Å². The molecule has 0 fully saturated rings. The number of benzene rings is 4. The van der Waals surface area contributed by atoms with Crippen LogP contribution < -0.4 is 10.2 Å². The van der Waals surface area contributed by atoms with Crippen molar-refractivity contribution in [3.8, 4) is 0 Å². The van der Waals surface area contributed by atoms with Gasteiger partial charge in [-0.25, -0.2) is 5.01 Å². The van der Waals surface area contributed by atoms with Gasteiger partial charge in [0.15, 0.2) is 0 Å². The van der Waals surface area contributed by atoms with Crippen molar-refractivity contribution in [2.45, 2.75) is 18.9 Å². The molecule has 2 amide bonds. The molecule has 1 unspecified atom stereocenters. The highest BCUT2D eigenvalue weighted by atomic mass is 35.5. The largest absolute Gasteiger partial charge is 0.324 e. The Labute approximate surface area is 220 Å². The van der Waals surface area contributed by atoms with E-state index in [0.29, 0.717) is 23.0 Å². The number of amidine groups is 1. The fraction of sp³-hybridized carbons (Fsp3) is 0.100. The van der Waals surface area contributed by atoms with E-state index in [9.17, 15) is 9.59 Å². The van der Waals surface area contributed by atoms with Crippen LogP contribution in [0.2, 0.25) is 5.02 Å². The zero-order valence-electron chi connectivity index (χ0n) is 20.0. The number of hydrazone groups is 1. The molecule has 1 atom stereocenters. The van der Waals surface area contributed by atoms with E-state index >= 15 is 0 Å². The van der Waals surface area contributed by atoms with E-state index in [1.54, 1.807) is 24.3 Å². The van der Waals surface area contributed by atoms with Gasteiger partial charge in [0.1, 0.15) is 12.3 Å². The summed E-state index contributed by atoms with van der Waals surface area (Å²) in [6.07, 6.45) is 0.133. The van der Waals surface area contributed by atoms with Crippen molar-refractivity contribution in [2.75, 3.05) is 10.2 Å². The Bertz CT molecular complexity index is 1370. The lowest BCUT2D eigenvalue weighted by Gasteiger charge is -2.24. The molecule has 5 rings (SSSR count). The smallest absolute Gasteiger partial charge is 0.252 e. The quantitative estimate of drug-likeness (QED) is 0.291. The summed E-state index contributed by atoms with van der Waals surface area (Å²) < 4.78 is 0. The molecule has 0 spiro atoms. The van der Waals surface area contributed by atoms with Crippen molar-refractivity contribution < 1.29 is 9.59 Å². The van der Waals surface area contributed by atoms with Crippen LogP contribution in [0.4, 0.5) is 17.1 Å². The second kappa shape index (κ2) is 11.1. The predicted molar refractivity (Wildman–Crippen MR) is 148 cm³/mol. The van der Waals surface area contributed by atoms with E-state index in [4.69, 9.17) is 16.7 Å². The highest BCUT2D eigenvalue weighted by Gasteiger charge is 2.36. The number of carbonyl (C=O) groups excluding carboxylic acids is 2. The molecule has 0 saturated heterocycles. The first-order valence-corrected chi connectivity index (χ1v) is 12.4. The minimum atomic E-state index is -0.448. The normalized spacial score (nSPS) is 14.7. The predicted octanol–water partition coefficient (Wildman–Crippen LogP) is 6.79. The third-order valence-electron chi connectivity index (χ3n) is 6.08. The van der Waals surface area contributed by atoms with Crippen molar-refractivity contribution in [3.05, 3.63) is 126 Å². The molecule has 6 nitrogen and oxygen atoms in total. The summed E-state index contributed by atoms with van der Waals surface area (Å²) in [5.41, 5.74) is 3.28. The maximum atomic E-state index is 13.5. The van der Waals surface area contributed by atoms with Gasteiger partial charge in [0.25, 0.3) is 5.91 Å². The van der Waals surface area contributed by atoms with Crippen molar-refractivity contribution in [2.24, 2.45) is 5.10 Å². The third-order valence-corrected chi connectivity index (χ3v) is 6.41. The Balaban J connectivity index is 1.46. The molecule has 0 bridgehead atoms. The molecule has 0 saturated carbocycles. The van der Waals surface area contributed by atoms with Crippen molar-refractivity contribution in [3.63, 3.8) is 0 Å². The van der Waals surface area contributed by atoms with E-state index in [2.05, 4.69) is 5.32 Å². The van der Waals surface area contributed by atoms with Crippen LogP contribution in [0.3, 0.4) is 0 Å². The summed E-state index contributed by atoms with van der Waals surface area (Å²) in [6, 6.07) is 36.2. The topological polar surface area (TPSA) is 65.0 Å². The van der Waals surface area contributed by atoms with Crippen LogP contribution in [0, 0.1) is 0 Å². The van der Waals surface area contributed by atoms with Gasteiger partial charge >= 0.3 is 0 Å². The molecular formula is C30H25ClN4O2. The maximum absolute atomic E-state index is 13.5. The van der Waals surface area contributed by atoms with Crippen LogP contribution in [0.5, 0.6) is 0 Å². The van der Waals surface area contributed by atoms with Gasteiger partial charge in [-0.05, 0) is 42.0 Å². The summed E-state index contributed by atoms with van der Waals surface area (Å²) in [6.45, 7) is 0. The second-order valence-electron chi connectivity index (χ2n) is 8.60. The molecule has 1 N–H and O–H groups in total. The van der Waals surface area contributed by atoms with Crippen molar-refractivity contribution in [1.29, 1.82) is 0 Å². The molecule has 7 heteroatoms. The first-order valence-electron chi connectivity index (χ1n) is 12.0. The molecule has 0 aromatic heterocycles.